The molecular weight excluding hydrogens is 236 g/mol. The summed E-state index contributed by atoms with van der Waals surface area (Å²) in [6, 6.07) is 0. The van der Waals surface area contributed by atoms with Crippen LogP contribution in [-0.4, -0.2) is 17.0 Å². The number of hydrogen-bond donors (Lipinski definition) is 2. The van der Waals surface area contributed by atoms with Crippen LogP contribution in [0.4, 0.5) is 0 Å². The van der Waals surface area contributed by atoms with E-state index in [-0.39, 0.29) is 22.4 Å². The van der Waals surface area contributed by atoms with Crippen LogP contribution < -0.4 is 11.1 Å². The Balaban J connectivity index is 1.91. The van der Waals surface area contributed by atoms with Crippen molar-refractivity contribution in [2.45, 2.75) is 76.8 Å². The van der Waals surface area contributed by atoms with Gasteiger partial charge in [-0.25, -0.2) is 0 Å². The molecule has 0 aromatic rings. The van der Waals surface area contributed by atoms with Crippen LogP contribution in [0.15, 0.2) is 0 Å². The number of hydrogen-bond acceptors (Lipinski definition) is 2. The lowest BCUT2D eigenvalue weighted by molar-refractivity contribution is -0.137. The summed E-state index contributed by atoms with van der Waals surface area (Å²) in [5.41, 5.74) is 6.72. The molecule has 0 aromatic heterocycles. The van der Waals surface area contributed by atoms with E-state index in [4.69, 9.17) is 5.73 Å². The van der Waals surface area contributed by atoms with E-state index in [0.29, 0.717) is 6.42 Å². The van der Waals surface area contributed by atoms with E-state index in [1.54, 1.807) is 0 Å². The molecule has 4 aliphatic carbocycles. The molecule has 4 rings (SSSR count). The van der Waals surface area contributed by atoms with Crippen LogP contribution in [-0.2, 0) is 4.79 Å². The Morgan fingerprint density at radius 2 is 1.84 bits per heavy atom. The minimum atomic E-state index is -0.132. The standard InChI is InChI=1S/C16H28N2O/c1-4-13(19)18-16-8-11-5-12(9-16)7-15(6-11,10-16)14(2,3)17/h11-12H,4-10,17H2,1-3H3,(H,18,19). The number of carbonyl (C=O) groups excluding carboxylic acids is 1. The molecule has 3 N–H and O–H groups in total. The highest BCUT2D eigenvalue weighted by Gasteiger charge is 2.61. The van der Waals surface area contributed by atoms with E-state index in [1.807, 2.05) is 6.92 Å². The molecule has 0 spiro atoms. The Labute approximate surface area is 116 Å². The van der Waals surface area contributed by atoms with Crippen LogP contribution in [0.1, 0.15) is 65.7 Å². The van der Waals surface area contributed by atoms with Gasteiger partial charge in [-0.05, 0) is 69.6 Å². The minimum Gasteiger partial charge on any atom is -0.351 e. The predicted octanol–water partition coefficient (Wildman–Crippen LogP) is 2.59. The van der Waals surface area contributed by atoms with Gasteiger partial charge in [0.15, 0.2) is 0 Å². The highest BCUT2D eigenvalue weighted by Crippen LogP contribution is 2.64. The molecule has 19 heavy (non-hydrogen) atoms. The van der Waals surface area contributed by atoms with E-state index < -0.39 is 0 Å². The summed E-state index contributed by atoms with van der Waals surface area (Å²) in [5, 5.41) is 3.38. The highest BCUT2D eigenvalue weighted by atomic mass is 16.1. The van der Waals surface area contributed by atoms with Crippen LogP contribution in [0.2, 0.25) is 0 Å². The molecule has 4 bridgehead atoms. The summed E-state index contributed by atoms with van der Waals surface area (Å²) in [5.74, 6) is 1.77. The van der Waals surface area contributed by atoms with Crippen LogP contribution in [0.5, 0.6) is 0 Å². The second kappa shape index (κ2) is 3.97. The van der Waals surface area contributed by atoms with Crippen LogP contribution in [0.25, 0.3) is 0 Å². The van der Waals surface area contributed by atoms with E-state index in [9.17, 15) is 4.79 Å². The van der Waals surface area contributed by atoms with Gasteiger partial charge in [-0.3, -0.25) is 4.79 Å². The van der Waals surface area contributed by atoms with Gasteiger partial charge in [-0.2, -0.15) is 0 Å². The Hall–Kier alpha value is -0.570. The Morgan fingerprint density at radius 1 is 1.26 bits per heavy atom. The maximum Gasteiger partial charge on any atom is 0.220 e. The summed E-state index contributed by atoms with van der Waals surface area (Å²) in [4.78, 5) is 11.9. The van der Waals surface area contributed by atoms with Crippen LogP contribution >= 0.6 is 0 Å². The SMILES string of the molecule is CCC(=O)NC12CC3CC(C1)CC(C(C)(C)N)(C3)C2. The molecule has 108 valence electrons. The quantitative estimate of drug-likeness (QED) is 0.823. The van der Waals surface area contributed by atoms with Crippen LogP contribution in [0, 0.1) is 17.3 Å². The Kier molecular flexibility index (Phi) is 2.80. The molecule has 0 radical (unpaired) electrons. The zero-order valence-electron chi connectivity index (χ0n) is 12.6. The smallest absolute Gasteiger partial charge is 0.220 e. The fourth-order valence-corrected chi connectivity index (χ4v) is 5.55. The minimum absolute atomic E-state index is 0.0633. The molecule has 0 aliphatic heterocycles. The number of carbonyl (C=O) groups is 1. The molecule has 3 nitrogen and oxygen atoms in total. The third-order valence-corrected chi connectivity index (χ3v) is 6.15. The molecule has 0 saturated heterocycles. The molecule has 2 atom stereocenters. The average molecular weight is 264 g/mol. The normalized spacial score (nSPS) is 44.4. The summed E-state index contributed by atoms with van der Waals surface area (Å²) in [7, 11) is 0. The molecule has 3 heteroatoms. The lowest BCUT2D eigenvalue weighted by atomic mass is 9.43. The number of nitrogens with one attached hydrogen (secondary N) is 1. The Bertz CT molecular complexity index is 382. The van der Waals surface area contributed by atoms with E-state index in [0.717, 1.165) is 18.3 Å². The molecule has 1 amide bonds. The Morgan fingerprint density at radius 3 is 2.32 bits per heavy atom. The van der Waals surface area contributed by atoms with Gasteiger partial charge in [0.2, 0.25) is 5.91 Å². The third-order valence-electron chi connectivity index (χ3n) is 6.15. The van der Waals surface area contributed by atoms with Crippen LogP contribution in [0.3, 0.4) is 0 Å². The number of rotatable bonds is 3. The fraction of sp³-hybridized carbons (Fsp3) is 0.938. The van der Waals surface area contributed by atoms with Crippen molar-refractivity contribution in [3.8, 4) is 0 Å². The summed E-state index contributed by atoms with van der Waals surface area (Å²) in [6.07, 6.45) is 7.98. The van der Waals surface area contributed by atoms with Crippen molar-refractivity contribution in [3.63, 3.8) is 0 Å². The van der Waals surface area contributed by atoms with E-state index in [1.165, 1.54) is 32.1 Å². The van der Waals surface area contributed by atoms with Gasteiger partial charge in [0.05, 0.1) is 0 Å². The van der Waals surface area contributed by atoms with Crippen molar-refractivity contribution in [1.29, 1.82) is 0 Å². The second-order valence-corrected chi connectivity index (χ2v) is 8.15. The molecular formula is C16H28N2O. The van der Waals surface area contributed by atoms with Gasteiger partial charge in [0.25, 0.3) is 0 Å². The molecule has 2 unspecified atom stereocenters. The van der Waals surface area contributed by atoms with Gasteiger partial charge in [-0.1, -0.05) is 6.92 Å². The maximum absolute atomic E-state index is 11.9. The largest absolute Gasteiger partial charge is 0.351 e. The molecule has 4 fully saturated rings. The molecule has 0 aromatic carbocycles. The predicted molar refractivity (Wildman–Crippen MR) is 76.5 cm³/mol. The summed E-state index contributed by atoms with van der Waals surface area (Å²) >= 11 is 0. The molecule has 4 aliphatic rings. The van der Waals surface area contributed by atoms with Crippen molar-refractivity contribution in [2.75, 3.05) is 0 Å². The first kappa shape index (κ1) is 13.4. The summed E-state index contributed by atoms with van der Waals surface area (Å²) < 4.78 is 0. The number of nitrogens with two attached hydrogens (primary N) is 1. The van der Waals surface area contributed by atoms with Crippen molar-refractivity contribution in [3.05, 3.63) is 0 Å². The first-order valence-electron chi connectivity index (χ1n) is 7.87. The highest BCUT2D eigenvalue weighted by molar-refractivity contribution is 5.76. The van der Waals surface area contributed by atoms with Crippen molar-refractivity contribution in [1.82, 2.24) is 5.32 Å². The van der Waals surface area contributed by atoms with Gasteiger partial charge in [-0.15, -0.1) is 0 Å². The topological polar surface area (TPSA) is 55.1 Å². The average Bonchev–Trinajstić information content (AvgIpc) is 2.24. The summed E-state index contributed by atoms with van der Waals surface area (Å²) in [6.45, 7) is 6.32. The van der Waals surface area contributed by atoms with Crippen molar-refractivity contribution >= 4 is 5.91 Å². The lowest BCUT2D eigenvalue weighted by Gasteiger charge is -2.65. The second-order valence-electron chi connectivity index (χ2n) is 8.15. The van der Waals surface area contributed by atoms with Gasteiger partial charge in [0.1, 0.15) is 0 Å². The van der Waals surface area contributed by atoms with Gasteiger partial charge >= 0.3 is 0 Å². The zero-order chi connectivity index (χ0) is 13.9. The van der Waals surface area contributed by atoms with Crippen molar-refractivity contribution < 1.29 is 4.79 Å². The fourth-order valence-electron chi connectivity index (χ4n) is 5.55. The first-order chi connectivity index (χ1) is 8.78. The zero-order valence-corrected chi connectivity index (χ0v) is 12.6. The van der Waals surface area contributed by atoms with E-state index >= 15 is 0 Å². The van der Waals surface area contributed by atoms with E-state index in [2.05, 4.69) is 19.2 Å². The monoisotopic (exact) mass is 264 g/mol. The molecule has 0 heterocycles. The lowest BCUT2D eigenvalue weighted by Crippen LogP contribution is -2.68. The first-order valence-corrected chi connectivity index (χ1v) is 7.87. The third kappa shape index (κ3) is 2.01. The number of amides is 1. The molecule has 4 saturated carbocycles. The van der Waals surface area contributed by atoms with Crippen molar-refractivity contribution in [2.24, 2.45) is 23.0 Å². The van der Waals surface area contributed by atoms with Gasteiger partial charge in [0, 0.05) is 17.5 Å². The van der Waals surface area contributed by atoms with Gasteiger partial charge < -0.3 is 11.1 Å². The maximum atomic E-state index is 11.9.